The molecule has 3 aliphatic rings. The zero-order valence-corrected chi connectivity index (χ0v) is 14.5. The van der Waals surface area contributed by atoms with Crippen LogP contribution in [-0.2, 0) is 13.0 Å². The molecule has 3 N–H and O–H groups in total. The van der Waals surface area contributed by atoms with Gasteiger partial charge in [0, 0.05) is 19.3 Å². The number of nitrogens with one attached hydrogen (secondary N) is 2. The lowest BCUT2D eigenvalue weighted by Gasteiger charge is -2.48. The SMILES string of the molecule is CN1CCCC2(CCC2)C1.O=C(NO)c1cnc2c(c1)CCNC2. The lowest BCUT2D eigenvalue weighted by atomic mass is 9.64. The molecule has 3 heterocycles. The Morgan fingerprint density at radius 2 is 2.17 bits per heavy atom. The van der Waals surface area contributed by atoms with Gasteiger partial charge in [0.2, 0.25) is 0 Å². The minimum Gasteiger partial charge on any atom is -0.311 e. The van der Waals surface area contributed by atoms with Crippen molar-refractivity contribution in [3.8, 4) is 0 Å². The molecular weight excluding hydrogens is 304 g/mol. The summed E-state index contributed by atoms with van der Waals surface area (Å²) >= 11 is 0. The first-order valence-corrected chi connectivity index (χ1v) is 8.93. The molecule has 1 aliphatic carbocycles. The molecule has 0 atom stereocenters. The van der Waals surface area contributed by atoms with Crippen LogP contribution in [0.25, 0.3) is 0 Å². The van der Waals surface area contributed by atoms with Gasteiger partial charge in [-0.2, -0.15) is 0 Å². The van der Waals surface area contributed by atoms with Gasteiger partial charge < -0.3 is 10.2 Å². The molecule has 1 aromatic rings. The summed E-state index contributed by atoms with van der Waals surface area (Å²) in [6.07, 6.45) is 9.81. The third kappa shape index (κ3) is 3.94. The van der Waals surface area contributed by atoms with Gasteiger partial charge in [0.15, 0.2) is 0 Å². The Kier molecular flexibility index (Phi) is 5.48. The van der Waals surface area contributed by atoms with Gasteiger partial charge in [0.05, 0.1) is 11.3 Å². The molecule has 1 aromatic heterocycles. The maximum absolute atomic E-state index is 11.1. The van der Waals surface area contributed by atoms with Crippen LogP contribution in [0.5, 0.6) is 0 Å². The van der Waals surface area contributed by atoms with Crippen LogP contribution >= 0.6 is 0 Å². The minimum atomic E-state index is -0.515. The smallest absolute Gasteiger partial charge is 0.276 e. The first kappa shape index (κ1) is 17.3. The van der Waals surface area contributed by atoms with Crippen LogP contribution in [0.4, 0.5) is 0 Å². The summed E-state index contributed by atoms with van der Waals surface area (Å²) in [5.74, 6) is -0.515. The fourth-order valence-electron chi connectivity index (χ4n) is 4.07. The van der Waals surface area contributed by atoms with Gasteiger partial charge in [-0.05, 0) is 69.3 Å². The standard InChI is InChI=1S/C9H11N3O2.C9H17N/c13-9(12-14)7-3-6-1-2-10-5-8(6)11-4-7;1-10-7-3-6-9(8-10)4-2-5-9/h3-4,10,14H,1-2,5H2,(H,12,13);2-8H2,1H3. The molecule has 1 saturated carbocycles. The molecule has 132 valence electrons. The maximum atomic E-state index is 11.1. The highest BCUT2D eigenvalue weighted by molar-refractivity contribution is 5.93. The Balaban J connectivity index is 0.000000149. The van der Waals surface area contributed by atoms with Crippen LogP contribution in [0.1, 0.15) is 53.7 Å². The van der Waals surface area contributed by atoms with E-state index in [0.29, 0.717) is 5.56 Å². The lowest BCUT2D eigenvalue weighted by Crippen LogP contribution is -2.45. The Bertz CT molecular complexity index is 586. The van der Waals surface area contributed by atoms with Crippen molar-refractivity contribution in [2.24, 2.45) is 5.41 Å². The number of amides is 1. The number of hydroxylamine groups is 1. The summed E-state index contributed by atoms with van der Waals surface area (Å²) in [6.45, 7) is 4.37. The van der Waals surface area contributed by atoms with Crippen molar-refractivity contribution in [1.29, 1.82) is 0 Å². The fraction of sp³-hybridized carbons (Fsp3) is 0.667. The largest absolute Gasteiger partial charge is 0.311 e. The van der Waals surface area contributed by atoms with Gasteiger partial charge in [-0.3, -0.25) is 15.0 Å². The van der Waals surface area contributed by atoms with E-state index in [0.717, 1.165) is 36.2 Å². The molecule has 0 aromatic carbocycles. The van der Waals surface area contributed by atoms with Crippen LogP contribution < -0.4 is 10.8 Å². The molecule has 4 rings (SSSR count). The molecule has 0 radical (unpaired) electrons. The molecule has 0 unspecified atom stereocenters. The zero-order valence-electron chi connectivity index (χ0n) is 14.5. The Hall–Kier alpha value is -1.50. The monoisotopic (exact) mass is 332 g/mol. The van der Waals surface area contributed by atoms with Crippen LogP contribution in [0.3, 0.4) is 0 Å². The van der Waals surface area contributed by atoms with Crippen molar-refractivity contribution in [3.05, 3.63) is 29.1 Å². The van der Waals surface area contributed by atoms with Crippen molar-refractivity contribution in [3.63, 3.8) is 0 Å². The topological polar surface area (TPSA) is 77.5 Å². The first-order valence-electron chi connectivity index (χ1n) is 8.93. The van der Waals surface area contributed by atoms with E-state index in [1.165, 1.54) is 51.4 Å². The van der Waals surface area contributed by atoms with Crippen LogP contribution in [0.15, 0.2) is 12.3 Å². The number of rotatable bonds is 1. The second-order valence-corrected chi connectivity index (χ2v) is 7.39. The van der Waals surface area contributed by atoms with Crippen molar-refractivity contribution < 1.29 is 10.0 Å². The molecular formula is C18H28N4O2. The molecule has 6 nitrogen and oxygen atoms in total. The van der Waals surface area contributed by atoms with E-state index in [4.69, 9.17) is 5.21 Å². The third-order valence-corrected chi connectivity index (χ3v) is 5.55. The van der Waals surface area contributed by atoms with E-state index in [1.807, 2.05) is 0 Å². The molecule has 6 heteroatoms. The average molecular weight is 332 g/mol. The Morgan fingerprint density at radius 3 is 2.79 bits per heavy atom. The molecule has 2 fully saturated rings. The second-order valence-electron chi connectivity index (χ2n) is 7.39. The fourth-order valence-corrected chi connectivity index (χ4v) is 4.07. The third-order valence-electron chi connectivity index (χ3n) is 5.55. The van der Waals surface area contributed by atoms with E-state index in [2.05, 4.69) is 22.2 Å². The van der Waals surface area contributed by atoms with Gasteiger partial charge in [0.1, 0.15) is 0 Å². The summed E-state index contributed by atoms with van der Waals surface area (Å²) in [7, 11) is 2.26. The van der Waals surface area contributed by atoms with Crippen LogP contribution in [0, 0.1) is 5.41 Å². The van der Waals surface area contributed by atoms with Gasteiger partial charge >= 0.3 is 0 Å². The van der Waals surface area contributed by atoms with Gasteiger partial charge in [-0.1, -0.05) is 6.42 Å². The lowest BCUT2D eigenvalue weighted by molar-refractivity contribution is 0.0327. The number of fused-ring (bicyclic) bond motifs is 1. The summed E-state index contributed by atoms with van der Waals surface area (Å²) in [5.41, 5.74) is 4.84. The van der Waals surface area contributed by atoms with Crippen molar-refractivity contribution in [2.45, 2.75) is 45.1 Å². The normalized spacial score (nSPS) is 21.9. The summed E-state index contributed by atoms with van der Waals surface area (Å²) < 4.78 is 0. The number of hydrogen-bond donors (Lipinski definition) is 3. The number of aromatic nitrogens is 1. The summed E-state index contributed by atoms with van der Waals surface area (Å²) in [5, 5.41) is 11.6. The van der Waals surface area contributed by atoms with Crippen molar-refractivity contribution in [1.82, 2.24) is 20.7 Å². The molecule has 24 heavy (non-hydrogen) atoms. The quantitative estimate of drug-likeness (QED) is 0.539. The number of nitrogens with zero attached hydrogens (tertiary/aromatic N) is 2. The number of pyridine rings is 1. The highest BCUT2D eigenvalue weighted by Gasteiger charge is 2.39. The number of likely N-dealkylation sites (tertiary alicyclic amines) is 1. The van der Waals surface area contributed by atoms with Gasteiger partial charge in [-0.15, -0.1) is 0 Å². The van der Waals surface area contributed by atoms with E-state index >= 15 is 0 Å². The number of carbonyl (C=O) groups is 1. The van der Waals surface area contributed by atoms with E-state index in [9.17, 15) is 4.79 Å². The Labute approximate surface area is 143 Å². The number of piperidine rings is 1. The Morgan fingerprint density at radius 1 is 1.38 bits per heavy atom. The molecule has 2 aliphatic heterocycles. The van der Waals surface area contributed by atoms with Crippen molar-refractivity contribution in [2.75, 3.05) is 26.7 Å². The maximum Gasteiger partial charge on any atom is 0.276 e. The van der Waals surface area contributed by atoms with Gasteiger partial charge in [0.25, 0.3) is 5.91 Å². The predicted octanol–water partition coefficient (Wildman–Crippen LogP) is 1.73. The highest BCUT2D eigenvalue weighted by atomic mass is 16.5. The van der Waals surface area contributed by atoms with E-state index in [1.54, 1.807) is 11.5 Å². The van der Waals surface area contributed by atoms with Crippen molar-refractivity contribution >= 4 is 5.91 Å². The van der Waals surface area contributed by atoms with Crippen LogP contribution in [-0.4, -0.2) is 47.7 Å². The predicted molar refractivity (Wildman–Crippen MR) is 91.9 cm³/mol. The number of hydrogen-bond acceptors (Lipinski definition) is 5. The zero-order chi connectivity index (χ0) is 17.0. The average Bonchev–Trinajstić information content (AvgIpc) is 2.60. The second kappa shape index (κ2) is 7.59. The first-order chi connectivity index (χ1) is 11.6. The summed E-state index contributed by atoms with van der Waals surface area (Å²) in [6, 6.07) is 1.77. The molecule has 1 saturated heterocycles. The molecule has 1 amide bonds. The van der Waals surface area contributed by atoms with Crippen LogP contribution in [0.2, 0.25) is 0 Å². The molecule has 1 spiro atoms. The van der Waals surface area contributed by atoms with Gasteiger partial charge in [-0.25, -0.2) is 5.48 Å². The van der Waals surface area contributed by atoms with E-state index < -0.39 is 5.91 Å². The number of carbonyl (C=O) groups excluding carboxylic acids is 1. The highest BCUT2D eigenvalue weighted by Crippen LogP contribution is 2.46. The van der Waals surface area contributed by atoms with E-state index in [-0.39, 0.29) is 0 Å². The molecule has 0 bridgehead atoms. The summed E-state index contributed by atoms with van der Waals surface area (Å²) in [4.78, 5) is 17.7. The minimum absolute atomic E-state index is 0.396.